The Balaban J connectivity index is 2.04. The van der Waals surface area contributed by atoms with E-state index >= 15 is 0 Å². The van der Waals surface area contributed by atoms with Crippen LogP contribution in [0, 0.1) is 6.92 Å². The average Bonchev–Trinajstić information content (AvgIpc) is 2.71. The Morgan fingerprint density at radius 1 is 1.16 bits per heavy atom. The molecule has 0 atom stereocenters. The van der Waals surface area contributed by atoms with E-state index in [1.165, 1.54) is 0 Å². The van der Waals surface area contributed by atoms with E-state index in [-0.39, 0.29) is 0 Å². The van der Waals surface area contributed by atoms with E-state index in [0.717, 1.165) is 27.6 Å². The molecule has 0 amide bonds. The average molecular weight is 272 g/mol. The first-order valence-electron chi connectivity index (χ1n) is 6.12. The van der Waals surface area contributed by atoms with Gasteiger partial charge in [-0.1, -0.05) is 29.8 Å². The van der Waals surface area contributed by atoms with Crippen LogP contribution in [-0.2, 0) is 6.42 Å². The van der Waals surface area contributed by atoms with E-state index in [4.69, 9.17) is 17.3 Å². The summed E-state index contributed by atoms with van der Waals surface area (Å²) in [7, 11) is 0. The van der Waals surface area contributed by atoms with Crippen molar-refractivity contribution in [2.75, 3.05) is 5.73 Å². The molecule has 2 N–H and O–H groups in total. The lowest BCUT2D eigenvalue weighted by molar-refractivity contribution is 1.09. The summed E-state index contributed by atoms with van der Waals surface area (Å²) in [5, 5.41) is 0.738. The molecular formula is C15H14ClN3. The van der Waals surface area contributed by atoms with Crippen LogP contribution < -0.4 is 5.73 Å². The Labute approximate surface area is 116 Å². The van der Waals surface area contributed by atoms with Gasteiger partial charge in [0.1, 0.15) is 11.5 Å². The van der Waals surface area contributed by atoms with Crippen molar-refractivity contribution in [1.82, 2.24) is 9.38 Å². The fourth-order valence-electron chi connectivity index (χ4n) is 2.25. The van der Waals surface area contributed by atoms with Gasteiger partial charge in [0.15, 0.2) is 0 Å². The molecule has 0 saturated heterocycles. The van der Waals surface area contributed by atoms with Gasteiger partial charge in [-0.2, -0.15) is 0 Å². The molecule has 19 heavy (non-hydrogen) atoms. The van der Waals surface area contributed by atoms with Gasteiger partial charge in [0.2, 0.25) is 0 Å². The molecular weight excluding hydrogens is 258 g/mol. The molecule has 4 heteroatoms. The smallest absolute Gasteiger partial charge is 0.138 e. The van der Waals surface area contributed by atoms with Crippen LogP contribution >= 0.6 is 11.6 Å². The van der Waals surface area contributed by atoms with Crippen molar-refractivity contribution >= 4 is 23.1 Å². The van der Waals surface area contributed by atoms with Crippen molar-refractivity contribution in [3.05, 3.63) is 64.4 Å². The number of aryl methyl sites for hydroxylation is 1. The summed E-state index contributed by atoms with van der Waals surface area (Å²) in [6, 6.07) is 13.7. The highest BCUT2D eigenvalue weighted by Gasteiger charge is 2.10. The Hall–Kier alpha value is -2.00. The zero-order valence-corrected chi connectivity index (χ0v) is 11.4. The molecule has 3 aromatic rings. The van der Waals surface area contributed by atoms with E-state index in [2.05, 4.69) is 4.98 Å². The molecule has 0 radical (unpaired) electrons. The summed E-state index contributed by atoms with van der Waals surface area (Å²) in [6.45, 7) is 2.02. The van der Waals surface area contributed by atoms with E-state index in [9.17, 15) is 0 Å². The minimum Gasteiger partial charge on any atom is -0.383 e. The summed E-state index contributed by atoms with van der Waals surface area (Å²) in [5.74, 6) is 0.711. The Morgan fingerprint density at radius 2 is 1.89 bits per heavy atom. The number of nitrogens with zero attached hydrogens (tertiary/aromatic N) is 2. The highest BCUT2D eigenvalue weighted by atomic mass is 35.5. The molecule has 3 nitrogen and oxygen atoms in total. The second-order valence-corrected chi connectivity index (χ2v) is 5.04. The van der Waals surface area contributed by atoms with Gasteiger partial charge in [0.25, 0.3) is 0 Å². The molecule has 0 aliphatic rings. The number of benzene rings is 1. The number of pyridine rings is 1. The van der Waals surface area contributed by atoms with E-state index < -0.39 is 0 Å². The normalized spacial score (nSPS) is 11.1. The van der Waals surface area contributed by atoms with E-state index in [1.54, 1.807) is 0 Å². The van der Waals surface area contributed by atoms with Crippen molar-refractivity contribution in [2.24, 2.45) is 0 Å². The number of halogens is 1. The van der Waals surface area contributed by atoms with Gasteiger partial charge in [0.05, 0.1) is 5.69 Å². The van der Waals surface area contributed by atoms with Crippen molar-refractivity contribution < 1.29 is 0 Å². The van der Waals surface area contributed by atoms with Crippen LogP contribution in [0.3, 0.4) is 0 Å². The van der Waals surface area contributed by atoms with Crippen molar-refractivity contribution in [1.29, 1.82) is 0 Å². The lowest BCUT2D eigenvalue weighted by Crippen LogP contribution is -1.99. The van der Waals surface area contributed by atoms with Crippen LogP contribution in [0.1, 0.15) is 17.0 Å². The number of nitrogen functional groups attached to an aromatic ring is 1. The predicted octanol–water partition coefficient (Wildman–Crippen LogP) is 3.47. The molecule has 0 fully saturated rings. The lowest BCUT2D eigenvalue weighted by Gasteiger charge is -2.02. The van der Waals surface area contributed by atoms with Gasteiger partial charge in [-0.15, -0.1) is 0 Å². The topological polar surface area (TPSA) is 43.3 Å². The Morgan fingerprint density at radius 3 is 2.58 bits per heavy atom. The first-order chi connectivity index (χ1) is 9.15. The number of fused-ring (bicyclic) bond motifs is 1. The number of aromatic nitrogens is 2. The lowest BCUT2D eigenvalue weighted by atomic mass is 10.1. The van der Waals surface area contributed by atoms with E-state index in [0.29, 0.717) is 12.2 Å². The number of nitrogens with two attached hydrogens (primary N) is 1. The molecule has 0 bridgehead atoms. The number of anilines is 1. The van der Waals surface area contributed by atoms with E-state index in [1.807, 2.05) is 53.8 Å². The van der Waals surface area contributed by atoms with Crippen LogP contribution in [0.15, 0.2) is 42.5 Å². The molecule has 0 aliphatic carbocycles. The number of hydrogen-bond acceptors (Lipinski definition) is 2. The van der Waals surface area contributed by atoms with Crippen LogP contribution in [-0.4, -0.2) is 9.38 Å². The zero-order valence-electron chi connectivity index (χ0n) is 10.6. The summed E-state index contributed by atoms with van der Waals surface area (Å²) in [5.41, 5.74) is 10.2. The Bertz CT molecular complexity index is 729. The highest BCUT2D eigenvalue weighted by molar-refractivity contribution is 6.30. The fraction of sp³-hybridized carbons (Fsp3) is 0.133. The van der Waals surface area contributed by atoms with Gasteiger partial charge in [-0.3, -0.25) is 4.40 Å². The molecule has 0 aliphatic heterocycles. The second kappa shape index (κ2) is 4.59. The third-order valence-electron chi connectivity index (χ3n) is 3.24. The number of hydrogen-bond donors (Lipinski definition) is 1. The van der Waals surface area contributed by atoms with Crippen LogP contribution in [0.5, 0.6) is 0 Å². The van der Waals surface area contributed by atoms with Gasteiger partial charge in [-0.05, 0) is 36.8 Å². The van der Waals surface area contributed by atoms with Crippen LogP contribution in [0.2, 0.25) is 5.02 Å². The molecule has 0 saturated carbocycles. The fourth-order valence-corrected chi connectivity index (χ4v) is 2.38. The van der Waals surface area contributed by atoms with Crippen LogP contribution in [0.25, 0.3) is 5.65 Å². The monoisotopic (exact) mass is 271 g/mol. The molecule has 3 rings (SSSR count). The maximum absolute atomic E-state index is 6.19. The van der Waals surface area contributed by atoms with Crippen LogP contribution in [0.4, 0.5) is 5.82 Å². The molecule has 0 spiro atoms. The zero-order chi connectivity index (χ0) is 13.4. The van der Waals surface area contributed by atoms with Gasteiger partial charge < -0.3 is 5.73 Å². The minimum atomic E-state index is 0.711. The van der Waals surface area contributed by atoms with Crippen molar-refractivity contribution in [3.8, 4) is 0 Å². The summed E-state index contributed by atoms with van der Waals surface area (Å²) in [4.78, 5) is 4.60. The van der Waals surface area contributed by atoms with Gasteiger partial charge in [-0.25, -0.2) is 4.98 Å². The molecule has 96 valence electrons. The van der Waals surface area contributed by atoms with Gasteiger partial charge >= 0.3 is 0 Å². The summed E-state index contributed by atoms with van der Waals surface area (Å²) in [6.07, 6.45) is 0.712. The Kier molecular flexibility index (Phi) is 2.91. The van der Waals surface area contributed by atoms with Crippen molar-refractivity contribution in [3.63, 3.8) is 0 Å². The number of rotatable bonds is 2. The predicted molar refractivity (Wildman–Crippen MR) is 78.6 cm³/mol. The minimum absolute atomic E-state index is 0.711. The second-order valence-electron chi connectivity index (χ2n) is 4.61. The van der Waals surface area contributed by atoms with Gasteiger partial charge in [0, 0.05) is 17.1 Å². The standard InChI is InChI=1S/C15H14ClN3/c1-10-3-2-4-14-18-13(15(17)19(10)14)9-11-5-7-12(16)8-6-11/h2-8H,9,17H2,1H3. The quantitative estimate of drug-likeness (QED) is 0.776. The maximum Gasteiger partial charge on any atom is 0.138 e. The molecule has 2 heterocycles. The third kappa shape index (κ3) is 2.17. The van der Waals surface area contributed by atoms with Crippen molar-refractivity contribution in [2.45, 2.75) is 13.3 Å². The largest absolute Gasteiger partial charge is 0.383 e. The SMILES string of the molecule is Cc1cccc2nc(Cc3ccc(Cl)cc3)c(N)n12. The first kappa shape index (κ1) is 12.1. The highest BCUT2D eigenvalue weighted by Crippen LogP contribution is 2.21. The molecule has 0 unspecified atom stereocenters. The maximum atomic E-state index is 6.19. The molecule has 1 aromatic carbocycles. The third-order valence-corrected chi connectivity index (χ3v) is 3.49. The first-order valence-corrected chi connectivity index (χ1v) is 6.50. The molecule has 2 aromatic heterocycles. The summed E-state index contributed by atoms with van der Waals surface area (Å²) < 4.78 is 1.98. The summed E-state index contributed by atoms with van der Waals surface area (Å²) >= 11 is 5.89. The number of imidazole rings is 1.